The molecule has 1 aromatic carbocycles. The molecule has 0 heterocycles. The van der Waals surface area contributed by atoms with Gasteiger partial charge in [-0.25, -0.2) is 0 Å². The highest BCUT2D eigenvalue weighted by Crippen LogP contribution is 2.27. The third kappa shape index (κ3) is 6.62. The molecule has 0 spiro atoms. The summed E-state index contributed by atoms with van der Waals surface area (Å²) in [5, 5.41) is 4.29. The first kappa shape index (κ1) is 16.5. The van der Waals surface area contributed by atoms with Gasteiger partial charge in [-0.2, -0.15) is 11.8 Å². The second kappa shape index (κ2) is 9.21. The van der Waals surface area contributed by atoms with Gasteiger partial charge in [-0.3, -0.25) is 4.79 Å². The number of nitrogens with one attached hydrogen (secondary N) is 1. The Bertz CT molecular complexity index is 450. The van der Waals surface area contributed by atoms with E-state index in [4.69, 9.17) is 16.3 Å². The molecule has 0 unspecified atom stereocenters. The molecule has 1 aromatic rings. The monoisotopic (exact) mass is 327 g/mol. The van der Waals surface area contributed by atoms with Gasteiger partial charge in [0.05, 0.1) is 0 Å². The minimum absolute atomic E-state index is 0.0361. The number of hydrogen-bond acceptors (Lipinski definition) is 3. The molecule has 1 saturated carbocycles. The molecule has 1 N–H and O–H groups in total. The van der Waals surface area contributed by atoms with Crippen molar-refractivity contribution in [3.05, 3.63) is 29.3 Å². The fraction of sp³-hybridized carbons (Fsp3) is 0.562. The Morgan fingerprint density at radius 2 is 2.14 bits per heavy atom. The molecule has 116 valence electrons. The van der Waals surface area contributed by atoms with Crippen LogP contribution in [0.15, 0.2) is 24.3 Å². The zero-order valence-electron chi connectivity index (χ0n) is 12.1. The average Bonchev–Trinajstić information content (AvgIpc) is 2.51. The average molecular weight is 328 g/mol. The molecule has 0 aromatic heterocycles. The summed E-state index contributed by atoms with van der Waals surface area (Å²) in [7, 11) is 0. The largest absolute Gasteiger partial charge is 0.484 e. The lowest BCUT2D eigenvalue weighted by atomic mass is 10.0. The van der Waals surface area contributed by atoms with Crippen molar-refractivity contribution < 1.29 is 9.53 Å². The highest BCUT2D eigenvalue weighted by Gasteiger charge is 2.13. The van der Waals surface area contributed by atoms with Crippen molar-refractivity contribution in [3.8, 4) is 5.75 Å². The smallest absolute Gasteiger partial charge is 0.257 e. The van der Waals surface area contributed by atoms with E-state index in [1.165, 1.54) is 32.1 Å². The molecular formula is C16H22ClNO2S. The summed E-state index contributed by atoms with van der Waals surface area (Å²) in [5.41, 5.74) is 0. The van der Waals surface area contributed by atoms with E-state index in [1.54, 1.807) is 24.3 Å². The Kier molecular flexibility index (Phi) is 7.24. The fourth-order valence-corrected chi connectivity index (χ4v) is 3.80. The van der Waals surface area contributed by atoms with Crippen LogP contribution in [0, 0.1) is 0 Å². The normalized spacial score (nSPS) is 15.7. The van der Waals surface area contributed by atoms with Crippen LogP contribution < -0.4 is 10.1 Å². The van der Waals surface area contributed by atoms with E-state index < -0.39 is 0 Å². The molecular weight excluding hydrogens is 306 g/mol. The quantitative estimate of drug-likeness (QED) is 0.772. The summed E-state index contributed by atoms with van der Waals surface area (Å²) in [5.74, 6) is 1.52. The van der Waals surface area contributed by atoms with Crippen molar-refractivity contribution in [2.45, 2.75) is 37.4 Å². The van der Waals surface area contributed by atoms with E-state index in [-0.39, 0.29) is 12.5 Å². The first-order valence-electron chi connectivity index (χ1n) is 7.51. The molecule has 1 fully saturated rings. The molecule has 5 heteroatoms. The molecule has 21 heavy (non-hydrogen) atoms. The standard InChI is InChI=1S/C16H22ClNO2S/c17-13-5-4-6-14(11-13)20-12-16(19)18-9-10-21-15-7-2-1-3-8-15/h4-6,11,15H,1-3,7-10,12H2,(H,18,19). The van der Waals surface area contributed by atoms with Crippen molar-refractivity contribution in [3.63, 3.8) is 0 Å². The summed E-state index contributed by atoms with van der Waals surface area (Å²) in [6, 6.07) is 7.07. The van der Waals surface area contributed by atoms with Gasteiger partial charge in [0.2, 0.25) is 0 Å². The number of ether oxygens (including phenoxy) is 1. The number of hydrogen-bond donors (Lipinski definition) is 1. The summed E-state index contributed by atoms with van der Waals surface area (Å²) in [4.78, 5) is 11.7. The van der Waals surface area contributed by atoms with Gasteiger partial charge in [0.1, 0.15) is 5.75 Å². The van der Waals surface area contributed by atoms with Gasteiger partial charge in [-0.05, 0) is 31.0 Å². The first-order valence-corrected chi connectivity index (χ1v) is 8.93. The third-order valence-electron chi connectivity index (χ3n) is 3.50. The molecule has 1 aliphatic rings. The molecule has 0 radical (unpaired) electrons. The summed E-state index contributed by atoms with van der Waals surface area (Å²) < 4.78 is 5.39. The maximum absolute atomic E-state index is 11.7. The van der Waals surface area contributed by atoms with Gasteiger partial charge < -0.3 is 10.1 Å². The number of benzene rings is 1. The molecule has 2 rings (SSSR count). The van der Waals surface area contributed by atoms with E-state index in [2.05, 4.69) is 5.32 Å². The Labute approximate surface area is 135 Å². The van der Waals surface area contributed by atoms with Crippen LogP contribution in [0.3, 0.4) is 0 Å². The summed E-state index contributed by atoms with van der Waals surface area (Å²) in [6.45, 7) is 0.743. The number of rotatable bonds is 7. The van der Waals surface area contributed by atoms with Crippen LogP contribution in [-0.2, 0) is 4.79 Å². The lowest BCUT2D eigenvalue weighted by molar-refractivity contribution is -0.122. The van der Waals surface area contributed by atoms with E-state index in [9.17, 15) is 4.79 Å². The topological polar surface area (TPSA) is 38.3 Å². The zero-order valence-corrected chi connectivity index (χ0v) is 13.7. The van der Waals surface area contributed by atoms with Gasteiger partial charge in [0.25, 0.3) is 5.91 Å². The maximum Gasteiger partial charge on any atom is 0.257 e. The summed E-state index contributed by atoms with van der Waals surface area (Å²) >= 11 is 7.84. The fourth-order valence-electron chi connectivity index (χ4n) is 2.40. The van der Waals surface area contributed by atoms with Crippen molar-refractivity contribution >= 4 is 29.3 Å². The highest BCUT2D eigenvalue weighted by atomic mass is 35.5. The Morgan fingerprint density at radius 1 is 1.33 bits per heavy atom. The predicted octanol–water partition coefficient (Wildman–Crippen LogP) is 3.90. The van der Waals surface area contributed by atoms with Gasteiger partial charge in [-0.15, -0.1) is 0 Å². The molecule has 1 amide bonds. The van der Waals surface area contributed by atoms with Crippen LogP contribution >= 0.6 is 23.4 Å². The number of thioether (sulfide) groups is 1. The minimum Gasteiger partial charge on any atom is -0.484 e. The van der Waals surface area contributed by atoms with Crippen LogP contribution in [0.2, 0.25) is 5.02 Å². The van der Waals surface area contributed by atoms with Crippen LogP contribution in [0.4, 0.5) is 0 Å². The number of carbonyl (C=O) groups excluding carboxylic acids is 1. The van der Waals surface area contributed by atoms with Crippen LogP contribution in [0.25, 0.3) is 0 Å². The minimum atomic E-state index is -0.0841. The first-order chi connectivity index (χ1) is 10.2. The Balaban J connectivity index is 1.55. The maximum atomic E-state index is 11.7. The molecule has 1 aliphatic carbocycles. The molecule has 0 saturated heterocycles. The second-order valence-corrected chi connectivity index (χ2v) is 7.07. The highest BCUT2D eigenvalue weighted by molar-refractivity contribution is 7.99. The van der Waals surface area contributed by atoms with Gasteiger partial charge in [-0.1, -0.05) is 36.9 Å². The van der Waals surface area contributed by atoms with E-state index in [1.807, 2.05) is 11.8 Å². The molecule has 3 nitrogen and oxygen atoms in total. The molecule has 0 atom stereocenters. The lowest BCUT2D eigenvalue weighted by Crippen LogP contribution is -2.31. The number of amides is 1. The number of carbonyl (C=O) groups is 1. The van der Waals surface area contributed by atoms with Gasteiger partial charge in [0, 0.05) is 22.6 Å². The number of halogens is 1. The van der Waals surface area contributed by atoms with Gasteiger partial charge >= 0.3 is 0 Å². The Hall–Kier alpha value is -0.870. The van der Waals surface area contributed by atoms with Crippen molar-refractivity contribution in [2.75, 3.05) is 18.9 Å². The van der Waals surface area contributed by atoms with E-state index in [0.29, 0.717) is 17.3 Å². The van der Waals surface area contributed by atoms with E-state index >= 15 is 0 Å². The van der Waals surface area contributed by atoms with Crippen LogP contribution in [0.5, 0.6) is 5.75 Å². The van der Waals surface area contributed by atoms with Crippen molar-refractivity contribution in [2.24, 2.45) is 0 Å². The zero-order chi connectivity index (χ0) is 14.9. The lowest BCUT2D eigenvalue weighted by Gasteiger charge is -2.20. The molecule has 0 bridgehead atoms. The second-order valence-electron chi connectivity index (χ2n) is 5.23. The van der Waals surface area contributed by atoms with Crippen molar-refractivity contribution in [1.29, 1.82) is 0 Å². The third-order valence-corrected chi connectivity index (χ3v) is 5.11. The van der Waals surface area contributed by atoms with Crippen molar-refractivity contribution in [1.82, 2.24) is 5.32 Å². The Morgan fingerprint density at radius 3 is 2.90 bits per heavy atom. The SMILES string of the molecule is O=C(COc1cccc(Cl)c1)NCCSC1CCCCC1. The molecule has 0 aliphatic heterocycles. The van der Waals surface area contributed by atoms with Gasteiger partial charge in [0.15, 0.2) is 6.61 Å². The van der Waals surface area contributed by atoms with E-state index in [0.717, 1.165) is 11.0 Å². The van der Waals surface area contributed by atoms with Crippen LogP contribution in [-0.4, -0.2) is 30.1 Å². The summed E-state index contributed by atoms with van der Waals surface area (Å²) in [6.07, 6.45) is 6.76. The predicted molar refractivity (Wildman–Crippen MR) is 89.3 cm³/mol. The van der Waals surface area contributed by atoms with Crippen LogP contribution in [0.1, 0.15) is 32.1 Å².